The van der Waals surface area contributed by atoms with E-state index >= 15 is 0 Å². The maximum atomic E-state index is 12.4. The molecule has 0 radical (unpaired) electrons. The molecule has 0 spiro atoms. The van der Waals surface area contributed by atoms with Gasteiger partial charge in [-0.25, -0.2) is 4.79 Å². The number of aliphatic carboxylic acids is 1. The number of ether oxygens (including phenoxy) is 1. The molecule has 1 fully saturated rings. The second kappa shape index (κ2) is 9.65. The third-order valence-electron chi connectivity index (χ3n) is 6.90. The van der Waals surface area contributed by atoms with E-state index in [-0.39, 0.29) is 31.4 Å². The molecule has 0 aliphatic heterocycles. The number of nitrogens with one attached hydrogen (secondary N) is 2. The quantitative estimate of drug-likeness (QED) is 0.590. The number of carboxylic acids is 1. The van der Waals surface area contributed by atoms with Crippen molar-refractivity contribution in [2.75, 3.05) is 13.2 Å². The second-order valence-electron chi connectivity index (χ2n) is 9.10. The Kier molecular flexibility index (Phi) is 6.67. The van der Waals surface area contributed by atoms with E-state index < -0.39 is 23.5 Å². The first-order chi connectivity index (χ1) is 15.9. The fraction of sp³-hybridized carbons (Fsp3) is 0.423. The van der Waals surface area contributed by atoms with Gasteiger partial charge in [0.05, 0.1) is 11.5 Å². The second-order valence-corrected chi connectivity index (χ2v) is 9.10. The average Bonchev–Trinajstić information content (AvgIpc) is 3.11. The van der Waals surface area contributed by atoms with Crippen molar-refractivity contribution in [1.29, 1.82) is 0 Å². The van der Waals surface area contributed by atoms with Gasteiger partial charge in [0.1, 0.15) is 6.61 Å². The van der Waals surface area contributed by atoms with Gasteiger partial charge in [-0.1, -0.05) is 61.4 Å². The number of rotatable bonds is 7. The molecule has 2 aliphatic carbocycles. The average molecular weight is 451 g/mol. The van der Waals surface area contributed by atoms with Crippen LogP contribution in [-0.4, -0.2) is 41.8 Å². The first-order valence-electron chi connectivity index (χ1n) is 11.5. The number of carbonyl (C=O) groups is 3. The molecule has 1 saturated carbocycles. The van der Waals surface area contributed by atoms with Crippen LogP contribution in [-0.2, 0) is 14.3 Å². The summed E-state index contributed by atoms with van der Waals surface area (Å²) in [5.41, 5.74) is 3.84. The lowest BCUT2D eigenvalue weighted by Crippen LogP contribution is -2.55. The summed E-state index contributed by atoms with van der Waals surface area (Å²) in [6.07, 6.45) is 2.42. The summed E-state index contributed by atoms with van der Waals surface area (Å²) in [4.78, 5) is 36.2. The number of amides is 2. The minimum Gasteiger partial charge on any atom is -0.481 e. The maximum absolute atomic E-state index is 12.4. The van der Waals surface area contributed by atoms with Crippen molar-refractivity contribution in [2.45, 2.75) is 50.5 Å². The van der Waals surface area contributed by atoms with Gasteiger partial charge in [0.15, 0.2) is 0 Å². The zero-order valence-corrected chi connectivity index (χ0v) is 18.8. The van der Waals surface area contributed by atoms with Crippen LogP contribution in [0.1, 0.15) is 56.1 Å². The van der Waals surface area contributed by atoms with Gasteiger partial charge in [-0.3, -0.25) is 9.59 Å². The minimum absolute atomic E-state index is 0.0225. The SMILES string of the molecule is CC1(NC(=O)CCNC(=O)OCC2c3ccccc3-c3ccccc32)CCCCC1C(=O)O. The van der Waals surface area contributed by atoms with E-state index in [1.807, 2.05) is 24.3 Å². The van der Waals surface area contributed by atoms with Crippen molar-refractivity contribution in [3.63, 3.8) is 0 Å². The number of hydrogen-bond donors (Lipinski definition) is 3. The van der Waals surface area contributed by atoms with Crippen LogP contribution in [0.4, 0.5) is 4.79 Å². The molecule has 0 bridgehead atoms. The highest BCUT2D eigenvalue weighted by Gasteiger charge is 2.42. The number of benzene rings is 2. The molecule has 2 aromatic rings. The summed E-state index contributed by atoms with van der Waals surface area (Å²) >= 11 is 0. The first kappa shape index (κ1) is 22.8. The molecule has 174 valence electrons. The lowest BCUT2D eigenvalue weighted by Gasteiger charge is -2.39. The van der Waals surface area contributed by atoms with Gasteiger partial charge in [-0.15, -0.1) is 0 Å². The molecule has 2 amide bonds. The third-order valence-corrected chi connectivity index (χ3v) is 6.90. The van der Waals surface area contributed by atoms with Crippen molar-refractivity contribution in [1.82, 2.24) is 10.6 Å². The fourth-order valence-electron chi connectivity index (χ4n) is 5.19. The van der Waals surface area contributed by atoms with Crippen LogP contribution in [0.2, 0.25) is 0 Å². The van der Waals surface area contributed by atoms with Crippen molar-refractivity contribution >= 4 is 18.0 Å². The smallest absolute Gasteiger partial charge is 0.407 e. The molecular formula is C26H30N2O5. The van der Waals surface area contributed by atoms with Crippen LogP contribution in [0, 0.1) is 5.92 Å². The molecule has 2 aliphatic rings. The van der Waals surface area contributed by atoms with Crippen molar-refractivity contribution in [3.05, 3.63) is 59.7 Å². The Morgan fingerprint density at radius 3 is 2.30 bits per heavy atom. The Morgan fingerprint density at radius 1 is 1.03 bits per heavy atom. The molecule has 2 atom stereocenters. The Bertz CT molecular complexity index is 1010. The van der Waals surface area contributed by atoms with Gasteiger partial charge in [0.2, 0.25) is 5.91 Å². The van der Waals surface area contributed by atoms with E-state index in [0.29, 0.717) is 12.8 Å². The van der Waals surface area contributed by atoms with E-state index in [9.17, 15) is 19.5 Å². The predicted octanol–water partition coefficient (Wildman–Crippen LogP) is 4.06. The Balaban J connectivity index is 1.26. The summed E-state index contributed by atoms with van der Waals surface area (Å²) in [6, 6.07) is 16.2. The summed E-state index contributed by atoms with van der Waals surface area (Å²) in [5, 5.41) is 15.0. The molecule has 0 saturated heterocycles. The molecule has 0 aromatic heterocycles. The van der Waals surface area contributed by atoms with Crippen LogP contribution < -0.4 is 10.6 Å². The largest absolute Gasteiger partial charge is 0.481 e. The standard InChI is InChI=1S/C26H30N2O5/c1-26(14-7-6-12-22(26)24(30)31)28-23(29)13-15-27-25(32)33-16-21-19-10-4-2-8-17(19)18-9-3-5-11-20(18)21/h2-5,8-11,21-22H,6-7,12-16H2,1H3,(H,27,32)(H,28,29)(H,30,31). The van der Waals surface area contributed by atoms with Gasteiger partial charge >= 0.3 is 12.1 Å². The van der Waals surface area contributed by atoms with Crippen molar-refractivity contribution < 1.29 is 24.2 Å². The van der Waals surface area contributed by atoms with Crippen LogP contribution >= 0.6 is 0 Å². The molecule has 4 rings (SSSR count). The molecule has 7 nitrogen and oxygen atoms in total. The summed E-state index contributed by atoms with van der Waals surface area (Å²) in [5.74, 6) is -1.77. The summed E-state index contributed by atoms with van der Waals surface area (Å²) < 4.78 is 5.48. The molecule has 2 aromatic carbocycles. The third kappa shape index (κ3) is 4.87. The predicted molar refractivity (Wildman–Crippen MR) is 124 cm³/mol. The summed E-state index contributed by atoms with van der Waals surface area (Å²) in [6.45, 7) is 2.13. The monoisotopic (exact) mass is 450 g/mol. The highest BCUT2D eigenvalue weighted by molar-refractivity contribution is 5.80. The number of alkyl carbamates (subject to hydrolysis) is 1. The van der Waals surface area contributed by atoms with Gasteiger partial charge in [-0.2, -0.15) is 0 Å². The Morgan fingerprint density at radius 2 is 1.67 bits per heavy atom. The molecular weight excluding hydrogens is 420 g/mol. The topological polar surface area (TPSA) is 105 Å². The minimum atomic E-state index is -0.880. The number of fused-ring (bicyclic) bond motifs is 3. The normalized spacial score (nSPS) is 21.5. The first-order valence-corrected chi connectivity index (χ1v) is 11.5. The molecule has 33 heavy (non-hydrogen) atoms. The molecule has 0 heterocycles. The zero-order chi connectivity index (χ0) is 23.4. The lowest BCUT2D eigenvalue weighted by molar-refractivity contribution is -0.146. The number of hydrogen-bond acceptors (Lipinski definition) is 4. The van der Waals surface area contributed by atoms with Crippen molar-refractivity contribution in [2.24, 2.45) is 5.92 Å². The van der Waals surface area contributed by atoms with Gasteiger partial charge < -0.3 is 20.5 Å². The van der Waals surface area contributed by atoms with E-state index in [2.05, 4.69) is 34.9 Å². The van der Waals surface area contributed by atoms with Crippen LogP contribution in [0.5, 0.6) is 0 Å². The maximum Gasteiger partial charge on any atom is 0.407 e. The van der Waals surface area contributed by atoms with Crippen molar-refractivity contribution in [3.8, 4) is 11.1 Å². The van der Waals surface area contributed by atoms with Gasteiger partial charge in [-0.05, 0) is 42.0 Å². The number of carbonyl (C=O) groups excluding carboxylic acids is 2. The Labute approximate surface area is 193 Å². The molecule has 7 heteroatoms. The lowest BCUT2D eigenvalue weighted by atomic mass is 9.74. The number of carboxylic acid groups (broad SMARTS) is 1. The highest BCUT2D eigenvalue weighted by Crippen LogP contribution is 2.44. The zero-order valence-electron chi connectivity index (χ0n) is 18.8. The van der Waals surface area contributed by atoms with E-state index in [1.54, 1.807) is 6.92 Å². The Hall–Kier alpha value is -3.35. The van der Waals surface area contributed by atoms with Crippen LogP contribution in [0.25, 0.3) is 11.1 Å². The van der Waals surface area contributed by atoms with Crippen LogP contribution in [0.3, 0.4) is 0 Å². The summed E-state index contributed by atoms with van der Waals surface area (Å²) in [7, 11) is 0. The van der Waals surface area contributed by atoms with Gasteiger partial charge in [0.25, 0.3) is 0 Å². The van der Waals surface area contributed by atoms with Crippen LogP contribution in [0.15, 0.2) is 48.5 Å². The van der Waals surface area contributed by atoms with Gasteiger partial charge in [0, 0.05) is 18.9 Å². The fourth-order valence-corrected chi connectivity index (χ4v) is 5.19. The van der Waals surface area contributed by atoms with E-state index in [1.165, 1.54) is 0 Å². The van der Waals surface area contributed by atoms with E-state index in [4.69, 9.17) is 4.74 Å². The molecule has 2 unspecified atom stereocenters. The molecule has 3 N–H and O–H groups in total. The highest BCUT2D eigenvalue weighted by atomic mass is 16.5. The van der Waals surface area contributed by atoms with E-state index in [0.717, 1.165) is 35.1 Å².